The fourth-order valence-corrected chi connectivity index (χ4v) is 3.22. The number of carbonyl (C=O) groups excluding carboxylic acids is 1. The first-order valence-electron chi connectivity index (χ1n) is 7.89. The first-order valence-corrected chi connectivity index (χ1v) is 7.89. The molecule has 3 rings (SSSR count). The van der Waals surface area contributed by atoms with Crippen molar-refractivity contribution in [3.63, 3.8) is 0 Å². The van der Waals surface area contributed by atoms with E-state index >= 15 is 0 Å². The van der Waals surface area contributed by atoms with Crippen molar-refractivity contribution in [1.29, 1.82) is 0 Å². The minimum absolute atomic E-state index is 0.377. The molecule has 2 aromatic rings. The van der Waals surface area contributed by atoms with Crippen LogP contribution in [0.15, 0.2) is 18.3 Å². The monoisotopic (exact) mass is 302 g/mol. The average molecular weight is 302 g/mol. The highest BCUT2D eigenvalue weighted by Gasteiger charge is 2.23. The van der Waals surface area contributed by atoms with E-state index in [0.717, 1.165) is 25.3 Å². The standard InChI is InChI=1S/C16H22N4O2/c1-3-19-9-5-4-7-12(19)11-14-17-15-13(16(21)22-2)8-6-10-20(15)18-14/h6,8,10,12H,3-5,7,9,11H2,1-2H3. The zero-order valence-electron chi connectivity index (χ0n) is 13.2. The van der Waals surface area contributed by atoms with Gasteiger partial charge in [-0.15, -0.1) is 0 Å². The van der Waals surface area contributed by atoms with Crippen LogP contribution in [0.3, 0.4) is 0 Å². The summed E-state index contributed by atoms with van der Waals surface area (Å²) in [5, 5.41) is 4.52. The molecule has 0 aliphatic carbocycles. The number of piperidine rings is 1. The maximum absolute atomic E-state index is 11.8. The van der Waals surface area contributed by atoms with Gasteiger partial charge in [-0.25, -0.2) is 14.3 Å². The van der Waals surface area contributed by atoms with Crippen molar-refractivity contribution in [2.75, 3.05) is 20.2 Å². The summed E-state index contributed by atoms with van der Waals surface area (Å²) in [6.45, 7) is 4.41. The summed E-state index contributed by atoms with van der Waals surface area (Å²) in [7, 11) is 1.38. The first kappa shape index (κ1) is 15.0. The van der Waals surface area contributed by atoms with E-state index in [-0.39, 0.29) is 5.97 Å². The molecule has 1 fully saturated rings. The topological polar surface area (TPSA) is 59.7 Å². The molecule has 0 radical (unpaired) electrons. The number of ether oxygens (including phenoxy) is 1. The van der Waals surface area contributed by atoms with E-state index in [1.54, 1.807) is 16.6 Å². The van der Waals surface area contributed by atoms with Gasteiger partial charge >= 0.3 is 5.97 Å². The molecule has 0 aromatic carbocycles. The Balaban J connectivity index is 1.87. The van der Waals surface area contributed by atoms with E-state index in [2.05, 4.69) is 21.9 Å². The van der Waals surface area contributed by atoms with Crippen LogP contribution in [-0.2, 0) is 11.2 Å². The van der Waals surface area contributed by atoms with E-state index in [4.69, 9.17) is 4.74 Å². The molecule has 0 amide bonds. The van der Waals surface area contributed by atoms with Crippen LogP contribution in [0.4, 0.5) is 0 Å². The second-order valence-electron chi connectivity index (χ2n) is 5.69. The van der Waals surface area contributed by atoms with Gasteiger partial charge in [-0.05, 0) is 38.1 Å². The molecule has 1 saturated heterocycles. The largest absolute Gasteiger partial charge is 0.465 e. The first-order chi connectivity index (χ1) is 10.7. The summed E-state index contributed by atoms with van der Waals surface area (Å²) in [5.41, 5.74) is 1.03. The quantitative estimate of drug-likeness (QED) is 0.808. The fourth-order valence-electron chi connectivity index (χ4n) is 3.22. The van der Waals surface area contributed by atoms with Gasteiger partial charge < -0.3 is 9.64 Å². The van der Waals surface area contributed by atoms with Gasteiger partial charge in [-0.1, -0.05) is 13.3 Å². The van der Waals surface area contributed by atoms with Crippen molar-refractivity contribution in [2.45, 2.75) is 38.6 Å². The molecule has 1 unspecified atom stereocenters. The van der Waals surface area contributed by atoms with Gasteiger partial charge in [0.2, 0.25) is 0 Å². The third-order valence-electron chi connectivity index (χ3n) is 4.38. The van der Waals surface area contributed by atoms with Crippen LogP contribution in [0.5, 0.6) is 0 Å². The van der Waals surface area contributed by atoms with Crippen LogP contribution in [0, 0.1) is 0 Å². The maximum atomic E-state index is 11.8. The number of pyridine rings is 1. The van der Waals surface area contributed by atoms with Crippen LogP contribution in [0.25, 0.3) is 5.65 Å². The molecule has 6 nitrogen and oxygen atoms in total. The number of fused-ring (bicyclic) bond motifs is 1. The highest BCUT2D eigenvalue weighted by molar-refractivity contribution is 5.95. The summed E-state index contributed by atoms with van der Waals surface area (Å²) >= 11 is 0. The molecule has 0 N–H and O–H groups in total. The Kier molecular flexibility index (Phi) is 4.38. The smallest absolute Gasteiger partial charge is 0.341 e. The van der Waals surface area contributed by atoms with Crippen LogP contribution in [0.2, 0.25) is 0 Å². The highest BCUT2D eigenvalue weighted by Crippen LogP contribution is 2.20. The summed E-state index contributed by atoms with van der Waals surface area (Å²) in [6, 6.07) is 4.01. The number of hydrogen-bond acceptors (Lipinski definition) is 5. The predicted molar refractivity (Wildman–Crippen MR) is 82.9 cm³/mol. The lowest BCUT2D eigenvalue weighted by Crippen LogP contribution is -2.40. The van der Waals surface area contributed by atoms with Gasteiger partial charge in [0.25, 0.3) is 0 Å². The molecule has 6 heteroatoms. The molecule has 0 spiro atoms. The lowest BCUT2D eigenvalue weighted by atomic mass is 9.99. The number of likely N-dealkylation sites (N-methyl/N-ethyl adjacent to an activating group) is 1. The van der Waals surface area contributed by atoms with Gasteiger partial charge in [0.05, 0.1) is 7.11 Å². The minimum Gasteiger partial charge on any atom is -0.465 e. The van der Waals surface area contributed by atoms with E-state index < -0.39 is 0 Å². The Hall–Kier alpha value is -1.95. The third kappa shape index (κ3) is 2.83. The lowest BCUT2D eigenvalue weighted by Gasteiger charge is -2.34. The number of hydrogen-bond donors (Lipinski definition) is 0. The number of nitrogens with zero attached hydrogens (tertiary/aromatic N) is 4. The van der Waals surface area contributed by atoms with Crippen LogP contribution >= 0.6 is 0 Å². The zero-order valence-corrected chi connectivity index (χ0v) is 13.2. The van der Waals surface area contributed by atoms with Crippen LogP contribution < -0.4 is 0 Å². The molecule has 118 valence electrons. The van der Waals surface area contributed by atoms with Crippen molar-refractivity contribution in [3.8, 4) is 0 Å². The van der Waals surface area contributed by atoms with Gasteiger partial charge in [-0.3, -0.25) is 0 Å². The van der Waals surface area contributed by atoms with Crippen LogP contribution in [0.1, 0.15) is 42.4 Å². The molecule has 1 aliphatic heterocycles. The Bertz CT molecular complexity index is 667. The minimum atomic E-state index is -0.377. The Labute approximate surface area is 130 Å². The maximum Gasteiger partial charge on any atom is 0.341 e. The Morgan fingerprint density at radius 3 is 3.09 bits per heavy atom. The second-order valence-corrected chi connectivity index (χ2v) is 5.69. The van der Waals surface area contributed by atoms with Crippen molar-refractivity contribution in [1.82, 2.24) is 19.5 Å². The van der Waals surface area contributed by atoms with Gasteiger partial charge in [0.1, 0.15) is 5.56 Å². The summed E-state index contributed by atoms with van der Waals surface area (Å²) in [4.78, 5) is 18.9. The van der Waals surface area contributed by atoms with Gasteiger partial charge in [0.15, 0.2) is 11.5 Å². The van der Waals surface area contributed by atoms with Crippen molar-refractivity contribution < 1.29 is 9.53 Å². The Morgan fingerprint density at radius 1 is 1.45 bits per heavy atom. The average Bonchev–Trinajstić information content (AvgIpc) is 2.96. The highest BCUT2D eigenvalue weighted by atomic mass is 16.5. The number of esters is 1. The van der Waals surface area contributed by atoms with Crippen LogP contribution in [-0.4, -0.2) is 51.7 Å². The van der Waals surface area contributed by atoms with E-state index in [1.165, 1.54) is 26.4 Å². The third-order valence-corrected chi connectivity index (χ3v) is 4.38. The SMILES string of the molecule is CCN1CCCCC1Cc1nc2c(C(=O)OC)cccn2n1. The van der Waals surface area contributed by atoms with Crippen molar-refractivity contribution >= 4 is 11.6 Å². The lowest BCUT2D eigenvalue weighted by molar-refractivity contribution is 0.0602. The molecular weight excluding hydrogens is 280 g/mol. The van der Waals surface area contributed by atoms with Crippen molar-refractivity contribution in [2.24, 2.45) is 0 Å². The van der Waals surface area contributed by atoms with E-state index in [0.29, 0.717) is 17.3 Å². The van der Waals surface area contributed by atoms with E-state index in [1.807, 2.05) is 6.20 Å². The molecule has 0 saturated carbocycles. The number of methoxy groups -OCH3 is 1. The molecule has 1 aliphatic rings. The predicted octanol–water partition coefficient (Wildman–Crippen LogP) is 1.93. The number of likely N-dealkylation sites (tertiary alicyclic amines) is 1. The fraction of sp³-hybridized carbons (Fsp3) is 0.562. The Morgan fingerprint density at radius 2 is 2.32 bits per heavy atom. The molecular formula is C16H22N4O2. The number of aromatic nitrogens is 3. The second kappa shape index (κ2) is 6.44. The van der Waals surface area contributed by atoms with Gasteiger partial charge in [0, 0.05) is 18.7 Å². The number of rotatable bonds is 4. The number of carbonyl (C=O) groups is 1. The van der Waals surface area contributed by atoms with Gasteiger partial charge in [-0.2, -0.15) is 5.10 Å². The molecule has 1 atom stereocenters. The summed E-state index contributed by atoms with van der Waals surface area (Å²) in [6.07, 6.45) is 6.37. The van der Waals surface area contributed by atoms with E-state index in [9.17, 15) is 4.79 Å². The van der Waals surface area contributed by atoms with Crippen molar-refractivity contribution in [3.05, 3.63) is 29.7 Å². The molecule has 0 bridgehead atoms. The summed E-state index contributed by atoms with van der Waals surface area (Å²) < 4.78 is 6.48. The normalized spacial score (nSPS) is 19.5. The molecule has 22 heavy (non-hydrogen) atoms. The molecule has 2 aromatic heterocycles. The molecule has 3 heterocycles. The summed E-state index contributed by atoms with van der Waals surface area (Å²) in [5.74, 6) is 0.416. The zero-order chi connectivity index (χ0) is 15.5.